The summed E-state index contributed by atoms with van der Waals surface area (Å²) in [6.07, 6.45) is 1.57. The molecule has 1 unspecified atom stereocenters. The van der Waals surface area contributed by atoms with E-state index in [0.29, 0.717) is 12.2 Å². The van der Waals surface area contributed by atoms with Crippen molar-refractivity contribution >= 4 is 15.9 Å². The Morgan fingerprint density at radius 1 is 1.33 bits per heavy atom. The number of hydrogen-bond donors (Lipinski definition) is 1. The van der Waals surface area contributed by atoms with Crippen LogP contribution in [-0.2, 0) is 10.2 Å². The Bertz CT molecular complexity index is 528. The summed E-state index contributed by atoms with van der Waals surface area (Å²) in [7, 11) is -0.360. The number of nitrogens with zero attached hydrogens (tertiary/aromatic N) is 2. The first-order valence-electron chi connectivity index (χ1n) is 5.99. The van der Waals surface area contributed by atoms with Gasteiger partial charge in [0.15, 0.2) is 0 Å². The number of para-hydroxylation sites is 1. The Morgan fingerprint density at radius 3 is 2.67 bits per heavy atom. The molecule has 1 aromatic rings. The molecule has 0 radical (unpaired) electrons. The first kappa shape index (κ1) is 13.3. The zero-order valence-corrected chi connectivity index (χ0v) is 11.5. The molecule has 0 aliphatic carbocycles. The largest absolute Gasteiger partial charge is 0.324 e. The van der Waals surface area contributed by atoms with Gasteiger partial charge in [-0.3, -0.25) is 4.31 Å². The van der Waals surface area contributed by atoms with Gasteiger partial charge in [0.05, 0.1) is 5.69 Å². The lowest BCUT2D eigenvalue weighted by Crippen LogP contribution is -2.40. The van der Waals surface area contributed by atoms with Gasteiger partial charge in [0.1, 0.15) is 0 Å². The molecule has 5 nitrogen and oxygen atoms in total. The summed E-state index contributed by atoms with van der Waals surface area (Å²) in [5.41, 5.74) is 7.70. The molecule has 18 heavy (non-hydrogen) atoms. The molecule has 0 aromatic heterocycles. The molecule has 0 saturated heterocycles. The summed E-state index contributed by atoms with van der Waals surface area (Å²) >= 11 is 0. The lowest BCUT2D eigenvalue weighted by molar-refractivity contribution is 0.514. The van der Waals surface area contributed by atoms with Gasteiger partial charge in [-0.1, -0.05) is 18.2 Å². The summed E-state index contributed by atoms with van der Waals surface area (Å²) in [6, 6.07) is 7.37. The molecule has 0 saturated carbocycles. The molecule has 2 N–H and O–H groups in total. The molecule has 0 spiro atoms. The smallest absolute Gasteiger partial charge is 0.303 e. The lowest BCUT2D eigenvalue weighted by Gasteiger charge is -2.27. The van der Waals surface area contributed by atoms with Gasteiger partial charge in [-0.25, -0.2) is 0 Å². The summed E-state index contributed by atoms with van der Waals surface area (Å²) in [6.45, 7) is 0.477. The number of hydrogen-bond acceptors (Lipinski definition) is 3. The van der Waals surface area contributed by atoms with Gasteiger partial charge in [-0.05, 0) is 24.5 Å². The van der Waals surface area contributed by atoms with Crippen molar-refractivity contribution in [1.82, 2.24) is 4.31 Å². The number of nitrogens with two attached hydrogens (primary N) is 1. The van der Waals surface area contributed by atoms with Crippen LogP contribution in [-0.4, -0.2) is 33.4 Å². The minimum atomic E-state index is -3.45. The zero-order valence-electron chi connectivity index (χ0n) is 10.7. The fourth-order valence-corrected chi connectivity index (χ4v) is 3.36. The Morgan fingerprint density at radius 2 is 2.00 bits per heavy atom. The second-order valence-electron chi connectivity index (χ2n) is 4.67. The van der Waals surface area contributed by atoms with Crippen molar-refractivity contribution in [2.75, 3.05) is 24.9 Å². The van der Waals surface area contributed by atoms with Gasteiger partial charge < -0.3 is 5.73 Å². The number of fused-ring (bicyclic) bond motifs is 1. The van der Waals surface area contributed by atoms with Crippen molar-refractivity contribution in [2.24, 2.45) is 5.73 Å². The van der Waals surface area contributed by atoms with Crippen molar-refractivity contribution in [3.8, 4) is 0 Å². The van der Waals surface area contributed by atoms with Crippen molar-refractivity contribution in [1.29, 1.82) is 0 Å². The molecule has 1 aliphatic heterocycles. The fourth-order valence-electron chi connectivity index (χ4n) is 2.20. The van der Waals surface area contributed by atoms with Gasteiger partial charge in [0.25, 0.3) is 0 Å². The second-order valence-corrected chi connectivity index (χ2v) is 6.74. The van der Waals surface area contributed by atoms with Crippen LogP contribution in [0.25, 0.3) is 0 Å². The number of anilines is 1. The highest BCUT2D eigenvalue weighted by molar-refractivity contribution is 7.90. The van der Waals surface area contributed by atoms with Gasteiger partial charge in [-0.2, -0.15) is 12.7 Å². The average molecular weight is 269 g/mol. The highest BCUT2D eigenvalue weighted by atomic mass is 32.2. The van der Waals surface area contributed by atoms with E-state index in [1.54, 1.807) is 14.1 Å². The molecule has 2 rings (SSSR count). The lowest BCUT2D eigenvalue weighted by atomic mass is 10.0. The third-order valence-electron chi connectivity index (χ3n) is 3.22. The number of benzene rings is 1. The molecule has 1 atom stereocenters. The first-order valence-corrected chi connectivity index (χ1v) is 7.39. The molecule has 6 heteroatoms. The maximum atomic E-state index is 12.3. The van der Waals surface area contributed by atoms with Crippen LogP contribution in [0, 0.1) is 0 Å². The van der Waals surface area contributed by atoms with Crippen molar-refractivity contribution in [3.05, 3.63) is 29.8 Å². The Labute approximate surface area is 108 Å². The standard InChI is InChI=1S/C12H19N3O2S/c1-14(2)18(16,17)15-9-5-7-11(13)10-6-3-4-8-12(10)15/h3-4,6,8,11H,5,7,9,13H2,1-2H3. The van der Waals surface area contributed by atoms with Gasteiger partial charge in [0, 0.05) is 26.7 Å². The van der Waals surface area contributed by atoms with E-state index in [0.717, 1.165) is 18.4 Å². The van der Waals surface area contributed by atoms with Crippen LogP contribution in [0.5, 0.6) is 0 Å². The van der Waals surface area contributed by atoms with Gasteiger partial charge in [0.2, 0.25) is 0 Å². The molecular formula is C12H19N3O2S. The van der Waals surface area contributed by atoms with Crippen molar-refractivity contribution in [3.63, 3.8) is 0 Å². The molecular weight excluding hydrogens is 250 g/mol. The van der Waals surface area contributed by atoms with Crippen LogP contribution in [0.2, 0.25) is 0 Å². The maximum absolute atomic E-state index is 12.3. The van der Waals surface area contributed by atoms with E-state index in [-0.39, 0.29) is 6.04 Å². The van der Waals surface area contributed by atoms with E-state index in [2.05, 4.69) is 0 Å². The van der Waals surface area contributed by atoms with Crippen LogP contribution in [0.1, 0.15) is 24.4 Å². The topological polar surface area (TPSA) is 66.6 Å². The molecule has 1 aliphatic rings. The van der Waals surface area contributed by atoms with E-state index < -0.39 is 10.2 Å². The second kappa shape index (κ2) is 4.87. The van der Waals surface area contributed by atoms with Crippen molar-refractivity contribution in [2.45, 2.75) is 18.9 Å². The van der Waals surface area contributed by atoms with E-state index in [1.165, 1.54) is 8.61 Å². The van der Waals surface area contributed by atoms with Crippen LogP contribution in [0.15, 0.2) is 24.3 Å². The minimum absolute atomic E-state index is 0.0939. The van der Waals surface area contributed by atoms with E-state index in [1.807, 2.05) is 24.3 Å². The van der Waals surface area contributed by atoms with E-state index in [9.17, 15) is 8.42 Å². The van der Waals surface area contributed by atoms with Crippen LogP contribution in [0.4, 0.5) is 5.69 Å². The molecule has 0 amide bonds. The van der Waals surface area contributed by atoms with Crippen LogP contribution >= 0.6 is 0 Å². The SMILES string of the molecule is CN(C)S(=O)(=O)N1CCCC(N)c2ccccc21. The highest BCUT2D eigenvalue weighted by Crippen LogP contribution is 2.33. The summed E-state index contributed by atoms with van der Waals surface area (Å²) in [4.78, 5) is 0. The van der Waals surface area contributed by atoms with Gasteiger partial charge in [-0.15, -0.1) is 0 Å². The van der Waals surface area contributed by atoms with E-state index in [4.69, 9.17) is 5.73 Å². The monoisotopic (exact) mass is 269 g/mol. The normalized spacial score (nSPS) is 20.7. The predicted octanol–water partition coefficient (Wildman–Crippen LogP) is 1.09. The summed E-state index contributed by atoms with van der Waals surface area (Å²) in [5.74, 6) is 0. The van der Waals surface area contributed by atoms with Crippen molar-refractivity contribution < 1.29 is 8.42 Å². The fraction of sp³-hybridized carbons (Fsp3) is 0.500. The number of rotatable bonds is 2. The zero-order chi connectivity index (χ0) is 13.3. The third-order valence-corrected chi connectivity index (χ3v) is 5.08. The minimum Gasteiger partial charge on any atom is -0.324 e. The molecule has 100 valence electrons. The Balaban J connectivity index is 2.54. The Hall–Kier alpha value is -1.11. The third kappa shape index (κ3) is 2.23. The van der Waals surface area contributed by atoms with Crippen LogP contribution < -0.4 is 10.0 Å². The highest BCUT2D eigenvalue weighted by Gasteiger charge is 2.29. The van der Waals surface area contributed by atoms with E-state index >= 15 is 0 Å². The molecule has 0 fully saturated rings. The van der Waals surface area contributed by atoms with Gasteiger partial charge >= 0.3 is 10.2 Å². The quantitative estimate of drug-likeness (QED) is 0.874. The summed E-state index contributed by atoms with van der Waals surface area (Å²) in [5, 5.41) is 0. The predicted molar refractivity (Wildman–Crippen MR) is 72.6 cm³/mol. The summed E-state index contributed by atoms with van der Waals surface area (Å²) < 4.78 is 27.3. The maximum Gasteiger partial charge on any atom is 0.303 e. The van der Waals surface area contributed by atoms with Crippen LogP contribution in [0.3, 0.4) is 0 Å². The average Bonchev–Trinajstić information content (AvgIpc) is 2.49. The molecule has 0 bridgehead atoms. The first-order chi connectivity index (χ1) is 8.44. The Kier molecular flexibility index (Phi) is 3.61. The molecule has 1 heterocycles. The molecule has 1 aromatic carbocycles.